The highest BCUT2D eigenvalue weighted by Crippen LogP contribution is 2.33. The van der Waals surface area contributed by atoms with Gasteiger partial charge in [-0.1, -0.05) is 11.6 Å². The maximum atomic E-state index is 12.4. The lowest BCUT2D eigenvalue weighted by molar-refractivity contribution is -0.133. The molecule has 0 bridgehead atoms. The Labute approximate surface area is 116 Å². The van der Waals surface area contributed by atoms with Crippen molar-refractivity contribution in [2.24, 2.45) is 5.92 Å². The van der Waals surface area contributed by atoms with Crippen molar-refractivity contribution in [3.05, 3.63) is 11.6 Å². The van der Waals surface area contributed by atoms with Crippen LogP contribution in [0, 0.1) is 5.92 Å². The van der Waals surface area contributed by atoms with E-state index in [2.05, 4.69) is 17.9 Å². The molecule has 3 aliphatic rings. The summed E-state index contributed by atoms with van der Waals surface area (Å²) in [6.07, 6.45) is 10.7. The molecule has 0 unspecified atom stereocenters. The molecule has 3 rings (SSSR count). The van der Waals surface area contributed by atoms with Crippen molar-refractivity contribution in [1.82, 2.24) is 4.90 Å². The molecule has 2 heterocycles. The number of likely N-dealkylation sites (tertiary alicyclic amines) is 1. The van der Waals surface area contributed by atoms with Gasteiger partial charge in [0.1, 0.15) is 0 Å². The van der Waals surface area contributed by atoms with Crippen LogP contribution in [0.25, 0.3) is 0 Å². The lowest BCUT2D eigenvalue weighted by Gasteiger charge is -2.34. The molecule has 1 aliphatic carbocycles. The largest absolute Gasteiger partial charge is 0.375 e. The number of carbonyl (C=O) groups excluding carboxylic acids is 1. The summed E-state index contributed by atoms with van der Waals surface area (Å²) in [5.74, 6) is 0.916. The van der Waals surface area contributed by atoms with Gasteiger partial charge in [-0.05, 0) is 45.4 Å². The Balaban J connectivity index is 1.54. The predicted octanol–water partition coefficient (Wildman–Crippen LogP) is 2.90. The molecule has 3 nitrogen and oxygen atoms in total. The molecule has 3 heteroatoms. The second kappa shape index (κ2) is 5.66. The highest BCUT2D eigenvalue weighted by atomic mass is 16.5. The van der Waals surface area contributed by atoms with Gasteiger partial charge in [-0.15, -0.1) is 0 Å². The Bertz CT molecular complexity index is 377. The maximum absolute atomic E-state index is 12.4. The van der Waals surface area contributed by atoms with Gasteiger partial charge in [-0.25, -0.2) is 0 Å². The van der Waals surface area contributed by atoms with Crippen LogP contribution in [0.1, 0.15) is 51.9 Å². The van der Waals surface area contributed by atoms with Gasteiger partial charge in [0.05, 0.1) is 12.2 Å². The third-order valence-electron chi connectivity index (χ3n) is 4.82. The number of rotatable bonds is 2. The SMILES string of the molecule is C[C@@H]1C[C@@H]2CN(C(=O)CC3=CCCCC3)CC[C@@H]2O1. The zero-order valence-electron chi connectivity index (χ0n) is 11.9. The van der Waals surface area contributed by atoms with Gasteiger partial charge in [0, 0.05) is 25.4 Å². The number of allylic oxidation sites excluding steroid dienone is 1. The van der Waals surface area contributed by atoms with Crippen molar-refractivity contribution < 1.29 is 9.53 Å². The van der Waals surface area contributed by atoms with Gasteiger partial charge in [0.15, 0.2) is 0 Å². The molecule has 0 aromatic heterocycles. The Hall–Kier alpha value is -0.830. The van der Waals surface area contributed by atoms with E-state index in [4.69, 9.17) is 4.74 Å². The number of carbonyl (C=O) groups is 1. The molecule has 3 atom stereocenters. The lowest BCUT2D eigenvalue weighted by Crippen LogP contribution is -2.44. The van der Waals surface area contributed by atoms with Crippen molar-refractivity contribution in [2.45, 2.75) is 64.1 Å². The summed E-state index contributed by atoms with van der Waals surface area (Å²) in [6, 6.07) is 0. The second-order valence-corrected chi connectivity index (χ2v) is 6.39. The predicted molar refractivity (Wildman–Crippen MR) is 74.8 cm³/mol. The summed E-state index contributed by atoms with van der Waals surface area (Å²) in [4.78, 5) is 14.5. The van der Waals surface area contributed by atoms with Crippen LogP contribution >= 0.6 is 0 Å². The van der Waals surface area contributed by atoms with E-state index in [1.807, 2.05) is 0 Å². The van der Waals surface area contributed by atoms with E-state index >= 15 is 0 Å². The van der Waals surface area contributed by atoms with Crippen LogP contribution in [0.4, 0.5) is 0 Å². The summed E-state index contributed by atoms with van der Waals surface area (Å²) in [7, 11) is 0. The van der Waals surface area contributed by atoms with Gasteiger partial charge in [0.2, 0.25) is 5.91 Å². The summed E-state index contributed by atoms with van der Waals surface area (Å²) >= 11 is 0. The van der Waals surface area contributed by atoms with Crippen LogP contribution in [-0.4, -0.2) is 36.1 Å². The van der Waals surface area contributed by atoms with Crippen molar-refractivity contribution >= 4 is 5.91 Å². The Morgan fingerprint density at radius 2 is 2.37 bits per heavy atom. The molecule has 2 aliphatic heterocycles. The number of hydrogen-bond donors (Lipinski definition) is 0. The lowest BCUT2D eigenvalue weighted by atomic mass is 9.92. The third-order valence-corrected chi connectivity index (χ3v) is 4.82. The Kier molecular flexibility index (Phi) is 3.92. The molecule has 0 radical (unpaired) electrons. The molecule has 0 aromatic rings. The standard InChI is InChI=1S/C16H25NO2/c1-12-9-14-11-17(8-7-15(14)19-12)16(18)10-13-5-3-2-4-6-13/h5,12,14-15H,2-4,6-11H2,1H3/t12-,14-,15+/m1/s1. The summed E-state index contributed by atoms with van der Waals surface area (Å²) in [5.41, 5.74) is 1.37. The van der Waals surface area contributed by atoms with Crippen LogP contribution in [0.2, 0.25) is 0 Å². The van der Waals surface area contributed by atoms with E-state index in [0.29, 0.717) is 30.5 Å². The average Bonchev–Trinajstić information content (AvgIpc) is 2.78. The first-order chi connectivity index (χ1) is 9.22. The zero-order valence-corrected chi connectivity index (χ0v) is 11.9. The summed E-state index contributed by atoms with van der Waals surface area (Å²) in [6.45, 7) is 3.96. The molecule has 2 saturated heterocycles. The molecule has 2 fully saturated rings. The quantitative estimate of drug-likeness (QED) is 0.717. The molecule has 106 valence electrons. The monoisotopic (exact) mass is 263 g/mol. The van der Waals surface area contributed by atoms with E-state index in [9.17, 15) is 4.79 Å². The van der Waals surface area contributed by atoms with Crippen LogP contribution in [0.15, 0.2) is 11.6 Å². The van der Waals surface area contributed by atoms with Crippen molar-refractivity contribution in [3.63, 3.8) is 0 Å². The molecular formula is C16H25NO2. The Morgan fingerprint density at radius 1 is 1.47 bits per heavy atom. The minimum Gasteiger partial charge on any atom is -0.375 e. The minimum atomic E-state index is 0.339. The minimum absolute atomic E-state index is 0.339. The van der Waals surface area contributed by atoms with E-state index in [1.54, 1.807) is 0 Å². The summed E-state index contributed by atoms with van der Waals surface area (Å²) < 4.78 is 5.89. The van der Waals surface area contributed by atoms with Gasteiger partial charge in [0.25, 0.3) is 0 Å². The van der Waals surface area contributed by atoms with Crippen molar-refractivity contribution in [3.8, 4) is 0 Å². The van der Waals surface area contributed by atoms with Crippen molar-refractivity contribution in [2.75, 3.05) is 13.1 Å². The fourth-order valence-electron chi connectivity index (χ4n) is 3.79. The molecule has 0 saturated carbocycles. The van der Waals surface area contributed by atoms with Gasteiger partial charge in [-0.3, -0.25) is 4.79 Å². The first-order valence-corrected chi connectivity index (χ1v) is 7.83. The first-order valence-electron chi connectivity index (χ1n) is 7.83. The smallest absolute Gasteiger partial charge is 0.226 e. The molecule has 0 spiro atoms. The highest BCUT2D eigenvalue weighted by molar-refractivity contribution is 5.78. The van der Waals surface area contributed by atoms with Crippen LogP contribution in [0.3, 0.4) is 0 Å². The van der Waals surface area contributed by atoms with E-state index in [1.165, 1.54) is 24.8 Å². The molecule has 19 heavy (non-hydrogen) atoms. The van der Waals surface area contributed by atoms with Crippen LogP contribution in [0.5, 0.6) is 0 Å². The van der Waals surface area contributed by atoms with E-state index in [-0.39, 0.29) is 0 Å². The molecule has 0 aromatic carbocycles. The Morgan fingerprint density at radius 3 is 3.16 bits per heavy atom. The molecular weight excluding hydrogens is 238 g/mol. The number of piperidine rings is 1. The number of hydrogen-bond acceptors (Lipinski definition) is 2. The van der Waals surface area contributed by atoms with E-state index in [0.717, 1.165) is 32.4 Å². The topological polar surface area (TPSA) is 29.5 Å². The van der Waals surface area contributed by atoms with Gasteiger partial charge in [-0.2, -0.15) is 0 Å². The number of nitrogens with zero attached hydrogens (tertiary/aromatic N) is 1. The zero-order chi connectivity index (χ0) is 13.2. The average molecular weight is 263 g/mol. The number of amides is 1. The first kappa shape index (κ1) is 13.2. The number of fused-ring (bicyclic) bond motifs is 1. The third kappa shape index (κ3) is 3.02. The maximum Gasteiger partial charge on any atom is 0.226 e. The van der Waals surface area contributed by atoms with E-state index < -0.39 is 0 Å². The fraction of sp³-hybridized carbons (Fsp3) is 0.812. The normalized spacial score (nSPS) is 34.9. The van der Waals surface area contributed by atoms with Gasteiger partial charge >= 0.3 is 0 Å². The molecule has 0 N–H and O–H groups in total. The fourth-order valence-corrected chi connectivity index (χ4v) is 3.79. The molecule has 1 amide bonds. The van der Waals surface area contributed by atoms with Crippen LogP contribution in [-0.2, 0) is 9.53 Å². The van der Waals surface area contributed by atoms with Gasteiger partial charge < -0.3 is 9.64 Å². The van der Waals surface area contributed by atoms with Crippen molar-refractivity contribution in [1.29, 1.82) is 0 Å². The summed E-state index contributed by atoms with van der Waals surface area (Å²) in [5, 5.41) is 0. The van der Waals surface area contributed by atoms with Crippen LogP contribution < -0.4 is 0 Å². The highest BCUT2D eigenvalue weighted by Gasteiger charge is 2.38. The second-order valence-electron chi connectivity index (χ2n) is 6.39. The number of ether oxygens (including phenoxy) is 1.